The highest BCUT2D eigenvalue weighted by Gasteiger charge is 2.17. The maximum atomic E-state index is 12.3. The molecule has 0 atom stereocenters. The number of aromatic amines is 1. The quantitative estimate of drug-likeness (QED) is 0.607. The Balaban J connectivity index is 2.07. The molecule has 4 heterocycles. The second-order valence-corrected chi connectivity index (χ2v) is 7.24. The second kappa shape index (κ2) is 5.95. The average molecular weight is 358 g/mol. The lowest BCUT2D eigenvalue weighted by molar-refractivity contribution is 0.619. The normalized spacial score (nSPS) is 11.5. The maximum Gasteiger partial charge on any atom is 0.328 e. The Bertz CT molecular complexity index is 1140. The molecule has 122 valence electrons. The molecule has 0 radical (unpaired) electrons. The largest absolute Gasteiger partial charge is 0.328 e. The van der Waals surface area contributed by atoms with E-state index in [4.69, 9.17) is 4.98 Å². The van der Waals surface area contributed by atoms with Crippen molar-refractivity contribution in [2.24, 2.45) is 0 Å². The van der Waals surface area contributed by atoms with Crippen molar-refractivity contribution in [2.45, 2.75) is 26.3 Å². The molecule has 0 saturated carbocycles. The van der Waals surface area contributed by atoms with Crippen LogP contribution in [-0.2, 0) is 6.54 Å². The third-order valence-corrected chi connectivity index (χ3v) is 5.63. The van der Waals surface area contributed by atoms with Gasteiger partial charge in [-0.1, -0.05) is 13.3 Å². The number of thiophene rings is 2. The topological polar surface area (TPSA) is 80.6 Å². The van der Waals surface area contributed by atoms with Gasteiger partial charge in [0.05, 0.1) is 17.4 Å². The third kappa shape index (κ3) is 2.38. The number of hydrogen-bond acceptors (Lipinski definition) is 6. The molecule has 0 aliphatic rings. The summed E-state index contributed by atoms with van der Waals surface area (Å²) >= 11 is 2.87. The van der Waals surface area contributed by atoms with Crippen LogP contribution in [0, 0.1) is 0 Å². The minimum Gasteiger partial charge on any atom is -0.290 e. The van der Waals surface area contributed by atoms with Crippen LogP contribution in [0.2, 0.25) is 0 Å². The fourth-order valence-electron chi connectivity index (χ4n) is 2.67. The standard InChI is InChI=1S/C16H14N4O2S2/c1-2-3-5-20-12-11-15(24-13(12)14(21)19-16(20)22)17-7-10(18-11)9-4-6-23-8-9/h4,6-8H,2-3,5H2,1H3,(H,19,21,22). The van der Waals surface area contributed by atoms with Crippen LogP contribution in [0.3, 0.4) is 0 Å². The highest BCUT2D eigenvalue weighted by atomic mass is 32.1. The zero-order valence-electron chi connectivity index (χ0n) is 12.9. The van der Waals surface area contributed by atoms with Crippen LogP contribution in [0.25, 0.3) is 31.8 Å². The van der Waals surface area contributed by atoms with Crippen LogP contribution < -0.4 is 11.2 Å². The first-order valence-electron chi connectivity index (χ1n) is 7.64. The molecule has 0 bridgehead atoms. The van der Waals surface area contributed by atoms with Gasteiger partial charge in [0.25, 0.3) is 5.56 Å². The van der Waals surface area contributed by atoms with Crippen LogP contribution in [0.15, 0.2) is 32.6 Å². The van der Waals surface area contributed by atoms with Gasteiger partial charge >= 0.3 is 5.69 Å². The van der Waals surface area contributed by atoms with Crippen molar-refractivity contribution < 1.29 is 0 Å². The minimum atomic E-state index is -0.386. The van der Waals surface area contributed by atoms with Gasteiger partial charge in [-0.15, -0.1) is 11.3 Å². The first kappa shape index (κ1) is 15.2. The van der Waals surface area contributed by atoms with Gasteiger partial charge in [-0.25, -0.2) is 14.8 Å². The Morgan fingerprint density at radius 1 is 1.33 bits per heavy atom. The number of hydrogen-bond donors (Lipinski definition) is 1. The lowest BCUT2D eigenvalue weighted by Gasteiger charge is -2.06. The molecule has 8 heteroatoms. The summed E-state index contributed by atoms with van der Waals surface area (Å²) in [6, 6.07) is 1.98. The summed E-state index contributed by atoms with van der Waals surface area (Å²) < 4.78 is 2.12. The van der Waals surface area contributed by atoms with Gasteiger partial charge in [0.1, 0.15) is 15.0 Å². The number of H-pyrrole nitrogens is 1. The molecule has 0 amide bonds. The smallest absolute Gasteiger partial charge is 0.290 e. The molecule has 0 aliphatic heterocycles. The van der Waals surface area contributed by atoms with Gasteiger partial charge < -0.3 is 0 Å². The number of nitrogens with zero attached hydrogens (tertiary/aromatic N) is 3. The number of aryl methyl sites for hydroxylation is 1. The first-order valence-corrected chi connectivity index (χ1v) is 9.40. The molecule has 0 saturated heterocycles. The van der Waals surface area contributed by atoms with E-state index in [1.165, 1.54) is 11.3 Å². The summed E-state index contributed by atoms with van der Waals surface area (Å²) in [4.78, 5) is 36.7. The van der Waals surface area contributed by atoms with E-state index < -0.39 is 0 Å². The van der Waals surface area contributed by atoms with Crippen LogP contribution in [-0.4, -0.2) is 19.5 Å². The SMILES string of the molecule is CCCCn1c(=O)[nH]c(=O)c2sc3ncc(-c4ccsc4)nc3c21. The van der Waals surface area contributed by atoms with E-state index in [0.717, 1.165) is 24.1 Å². The van der Waals surface area contributed by atoms with Crippen LogP contribution in [0.4, 0.5) is 0 Å². The van der Waals surface area contributed by atoms with Crippen molar-refractivity contribution in [1.29, 1.82) is 0 Å². The number of rotatable bonds is 4. The molecule has 0 aliphatic carbocycles. The average Bonchev–Trinajstić information content (AvgIpc) is 3.22. The Morgan fingerprint density at radius 2 is 2.21 bits per heavy atom. The monoisotopic (exact) mass is 358 g/mol. The fraction of sp³-hybridized carbons (Fsp3) is 0.250. The van der Waals surface area contributed by atoms with E-state index in [0.29, 0.717) is 27.1 Å². The zero-order chi connectivity index (χ0) is 16.7. The van der Waals surface area contributed by atoms with Gasteiger partial charge in [-0.05, 0) is 17.9 Å². The highest BCUT2D eigenvalue weighted by Crippen LogP contribution is 2.30. The molecular formula is C16H14N4O2S2. The fourth-order valence-corrected chi connectivity index (χ4v) is 4.30. The van der Waals surface area contributed by atoms with Crippen molar-refractivity contribution in [1.82, 2.24) is 19.5 Å². The molecule has 0 fully saturated rings. The summed E-state index contributed by atoms with van der Waals surface area (Å²) in [5.74, 6) is 0. The van der Waals surface area contributed by atoms with Crippen molar-refractivity contribution in [2.75, 3.05) is 0 Å². The number of aromatic nitrogens is 4. The molecule has 0 spiro atoms. The summed E-state index contributed by atoms with van der Waals surface area (Å²) in [5.41, 5.74) is 2.20. The maximum absolute atomic E-state index is 12.3. The van der Waals surface area contributed by atoms with Crippen LogP contribution >= 0.6 is 22.7 Å². The van der Waals surface area contributed by atoms with E-state index in [1.807, 2.05) is 16.8 Å². The van der Waals surface area contributed by atoms with Crippen LogP contribution in [0.5, 0.6) is 0 Å². The predicted octanol–water partition coefficient (Wildman–Crippen LogP) is 3.22. The third-order valence-electron chi connectivity index (χ3n) is 3.87. The molecule has 4 aromatic rings. The van der Waals surface area contributed by atoms with E-state index in [9.17, 15) is 9.59 Å². The summed E-state index contributed by atoms with van der Waals surface area (Å²) in [6.45, 7) is 2.62. The van der Waals surface area contributed by atoms with Crippen molar-refractivity contribution in [3.8, 4) is 11.3 Å². The predicted molar refractivity (Wildman–Crippen MR) is 98.0 cm³/mol. The Kier molecular flexibility index (Phi) is 3.78. The van der Waals surface area contributed by atoms with Crippen molar-refractivity contribution in [3.63, 3.8) is 0 Å². The van der Waals surface area contributed by atoms with Gasteiger partial charge in [0.15, 0.2) is 0 Å². The Labute approximate surface area is 144 Å². The summed E-state index contributed by atoms with van der Waals surface area (Å²) in [6.07, 6.45) is 3.53. The Hall–Kier alpha value is -2.32. The molecule has 0 unspecified atom stereocenters. The molecule has 24 heavy (non-hydrogen) atoms. The van der Waals surface area contributed by atoms with Gasteiger partial charge in [0, 0.05) is 17.5 Å². The van der Waals surface area contributed by atoms with E-state index >= 15 is 0 Å². The number of unbranched alkanes of at least 4 members (excludes halogenated alkanes) is 1. The minimum absolute atomic E-state index is 0.371. The second-order valence-electron chi connectivity index (χ2n) is 5.47. The summed E-state index contributed by atoms with van der Waals surface area (Å²) in [5, 5.41) is 3.98. The lowest BCUT2D eigenvalue weighted by atomic mass is 10.2. The van der Waals surface area contributed by atoms with Crippen molar-refractivity contribution >= 4 is 43.2 Å². The van der Waals surface area contributed by atoms with E-state index in [-0.39, 0.29) is 11.2 Å². The van der Waals surface area contributed by atoms with Crippen molar-refractivity contribution in [3.05, 3.63) is 43.9 Å². The Morgan fingerprint density at radius 3 is 2.96 bits per heavy atom. The molecule has 1 N–H and O–H groups in total. The first-order chi connectivity index (χ1) is 11.7. The van der Waals surface area contributed by atoms with Gasteiger partial charge in [0.2, 0.25) is 0 Å². The summed E-state index contributed by atoms with van der Waals surface area (Å²) in [7, 11) is 0. The van der Waals surface area contributed by atoms with E-state index in [2.05, 4.69) is 16.9 Å². The highest BCUT2D eigenvalue weighted by molar-refractivity contribution is 7.25. The molecule has 0 aromatic carbocycles. The van der Waals surface area contributed by atoms with E-state index in [1.54, 1.807) is 22.1 Å². The molecule has 4 rings (SSSR count). The lowest BCUT2D eigenvalue weighted by Crippen LogP contribution is -2.29. The van der Waals surface area contributed by atoms with Gasteiger partial charge in [-0.2, -0.15) is 11.3 Å². The zero-order valence-corrected chi connectivity index (χ0v) is 14.5. The molecular weight excluding hydrogens is 344 g/mol. The number of nitrogens with one attached hydrogen (secondary N) is 1. The van der Waals surface area contributed by atoms with Crippen LogP contribution in [0.1, 0.15) is 19.8 Å². The number of fused-ring (bicyclic) bond motifs is 3. The molecule has 4 aromatic heterocycles. The van der Waals surface area contributed by atoms with Gasteiger partial charge in [-0.3, -0.25) is 14.3 Å². The molecule has 6 nitrogen and oxygen atoms in total.